The predicted octanol–water partition coefficient (Wildman–Crippen LogP) is 3.27. The second-order valence-electron chi connectivity index (χ2n) is 4.23. The lowest BCUT2D eigenvalue weighted by Crippen LogP contribution is -2.08. The van der Waals surface area contributed by atoms with E-state index in [0.717, 1.165) is 15.6 Å². The van der Waals surface area contributed by atoms with Crippen LogP contribution in [0.2, 0.25) is 0 Å². The smallest absolute Gasteiger partial charge is 0.197 e. The summed E-state index contributed by atoms with van der Waals surface area (Å²) in [4.78, 5) is 16.4. The number of benzene rings is 1. The van der Waals surface area contributed by atoms with Crippen molar-refractivity contribution >= 4 is 27.5 Å². The van der Waals surface area contributed by atoms with Gasteiger partial charge in [-0.2, -0.15) is 0 Å². The molecule has 1 heterocycles. The Morgan fingerprint density at radius 1 is 1.22 bits per heavy atom. The van der Waals surface area contributed by atoms with E-state index in [4.69, 9.17) is 5.73 Å². The van der Waals surface area contributed by atoms with E-state index in [-0.39, 0.29) is 11.6 Å². The molecule has 1 aromatic heterocycles. The predicted molar refractivity (Wildman–Crippen MR) is 75.7 cm³/mol. The summed E-state index contributed by atoms with van der Waals surface area (Å²) in [6.07, 6.45) is 1.65. The van der Waals surface area contributed by atoms with Crippen LogP contribution in [0.1, 0.15) is 27.0 Å². The van der Waals surface area contributed by atoms with E-state index in [9.17, 15) is 4.79 Å². The molecule has 0 fully saturated rings. The summed E-state index contributed by atoms with van der Waals surface area (Å²) in [5, 5.41) is 0. The van der Waals surface area contributed by atoms with Crippen LogP contribution in [-0.2, 0) is 0 Å². The maximum atomic E-state index is 12.4. The highest BCUT2D eigenvalue weighted by Gasteiger charge is 2.15. The number of nitrogens with two attached hydrogens (primary N) is 1. The first-order valence-corrected chi connectivity index (χ1v) is 6.31. The zero-order chi connectivity index (χ0) is 13.3. The number of nitrogens with zero attached hydrogens (tertiary/aromatic N) is 1. The Hall–Kier alpha value is -1.68. The molecular weight excluding hydrogens is 292 g/mol. The standard InChI is InChI=1S/C14H13BrN2O/c1-8-5-12(14(16)17-7-8)13(18)11-4-3-10(15)6-9(11)2/h3-7H,1-2H3,(H2,16,17). The Labute approximate surface area is 114 Å². The van der Waals surface area contributed by atoms with Gasteiger partial charge in [0.15, 0.2) is 5.78 Å². The summed E-state index contributed by atoms with van der Waals surface area (Å²) >= 11 is 3.38. The van der Waals surface area contributed by atoms with E-state index in [1.54, 1.807) is 18.3 Å². The van der Waals surface area contributed by atoms with Gasteiger partial charge >= 0.3 is 0 Å². The van der Waals surface area contributed by atoms with Gasteiger partial charge in [0.05, 0.1) is 5.56 Å². The fraction of sp³-hybridized carbons (Fsp3) is 0.143. The molecule has 2 rings (SSSR count). The van der Waals surface area contributed by atoms with Crippen molar-refractivity contribution in [1.29, 1.82) is 0 Å². The number of nitrogen functional groups attached to an aromatic ring is 1. The van der Waals surface area contributed by atoms with E-state index < -0.39 is 0 Å². The highest BCUT2D eigenvalue weighted by atomic mass is 79.9. The molecule has 0 spiro atoms. The van der Waals surface area contributed by atoms with Crippen molar-refractivity contribution in [3.63, 3.8) is 0 Å². The Bertz CT molecular complexity index is 623. The number of hydrogen-bond donors (Lipinski definition) is 1. The van der Waals surface area contributed by atoms with Crippen LogP contribution in [0, 0.1) is 13.8 Å². The Morgan fingerprint density at radius 3 is 2.61 bits per heavy atom. The number of hydrogen-bond acceptors (Lipinski definition) is 3. The van der Waals surface area contributed by atoms with Gasteiger partial charge in [-0.25, -0.2) is 4.98 Å². The molecule has 0 saturated heterocycles. The number of carbonyl (C=O) groups is 1. The molecular formula is C14H13BrN2O. The second kappa shape index (κ2) is 4.90. The van der Waals surface area contributed by atoms with Crippen molar-refractivity contribution in [1.82, 2.24) is 4.98 Å². The van der Waals surface area contributed by atoms with Gasteiger partial charge in [-0.1, -0.05) is 15.9 Å². The molecule has 0 unspecified atom stereocenters. The van der Waals surface area contributed by atoms with Crippen LogP contribution in [0.3, 0.4) is 0 Å². The SMILES string of the molecule is Cc1cnc(N)c(C(=O)c2ccc(Br)cc2C)c1. The van der Waals surface area contributed by atoms with E-state index in [0.29, 0.717) is 11.1 Å². The first kappa shape index (κ1) is 12.8. The van der Waals surface area contributed by atoms with E-state index in [1.807, 2.05) is 26.0 Å². The van der Waals surface area contributed by atoms with Crippen molar-refractivity contribution in [2.75, 3.05) is 5.73 Å². The van der Waals surface area contributed by atoms with Crippen LogP contribution in [-0.4, -0.2) is 10.8 Å². The number of aryl methyl sites for hydroxylation is 2. The van der Waals surface area contributed by atoms with Gasteiger partial charge in [-0.05, 0) is 49.2 Å². The molecule has 0 saturated carbocycles. The molecule has 2 N–H and O–H groups in total. The molecule has 4 heteroatoms. The Balaban J connectivity index is 2.51. The van der Waals surface area contributed by atoms with Gasteiger partial charge in [0, 0.05) is 16.2 Å². The van der Waals surface area contributed by atoms with Gasteiger partial charge in [0.25, 0.3) is 0 Å². The molecule has 0 aliphatic heterocycles. The Kier molecular flexibility index (Phi) is 3.48. The van der Waals surface area contributed by atoms with Gasteiger partial charge in [-0.3, -0.25) is 4.79 Å². The molecule has 1 aromatic carbocycles. The van der Waals surface area contributed by atoms with Gasteiger partial charge in [0.1, 0.15) is 5.82 Å². The lowest BCUT2D eigenvalue weighted by Gasteiger charge is -2.08. The van der Waals surface area contributed by atoms with Crippen LogP contribution >= 0.6 is 15.9 Å². The summed E-state index contributed by atoms with van der Waals surface area (Å²) in [7, 11) is 0. The maximum absolute atomic E-state index is 12.4. The molecule has 0 radical (unpaired) electrons. The van der Waals surface area contributed by atoms with Gasteiger partial charge in [-0.15, -0.1) is 0 Å². The highest BCUT2D eigenvalue weighted by Crippen LogP contribution is 2.21. The van der Waals surface area contributed by atoms with Gasteiger partial charge < -0.3 is 5.73 Å². The van der Waals surface area contributed by atoms with Crippen LogP contribution in [0.25, 0.3) is 0 Å². The van der Waals surface area contributed by atoms with E-state index >= 15 is 0 Å². The summed E-state index contributed by atoms with van der Waals surface area (Å²) in [6, 6.07) is 7.32. The fourth-order valence-corrected chi connectivity index (χ4v) is 2.26. The first-order valence-electron chi connectivity index (χ1n) is 5.52. The topological polar surface area (TPSA) is 56.0 Å². The minimum Gasteiger partial charge on any atom is -0.383 e. The minimum absolute atomic E-state index is 0.0892. The lowest BCUT2D eigenvalue weighted by atomic mass is 9.99. The average molecular weight is 305 g/mol. The van der Waals surface area contributed by atoms with Crippen LogP contribution in [0.15, 0.2) is 34.9 Å². The molecule has 0 amide bonds. The third-order valence-corrected chi connectivity index (χ3v) is 3.23. The van der Waals surface area contributed by atoms with E-state index in [2.05, 4.69) is 20.9 Å². The summed E-state index contributed by atoms with van der Waals surface area (Å²) in [5.41, 5.74) is 8.71. The number of rotatable bonds is 2. The number of aromatic nitrogens is 1. The fourth-order valence-electron chi connectivity index (χ4n) is 1.79. The minimum atomic E-state index is -0.0892. The second-order valence-corrected chi connectivity index (χ2v) is 5.15. The van der Waals surface area contributed by atoms with Crippen molar-refractivity contribution < 1.29 is 4.79 Å². The molecule has 92 valence electrons. The monoisotopic (exact) mass is 304 g/mol. The molecule has 0 aliphatic rings. The summed E-state index contributed by atoms with van der Waals surface area (Å²) in [5.74, 6) is 0.182. The van der Waals surface area contributed by atoms with Crippen LogP contribution in [0.4, 0.5) is 5.82 Å². The van der Waals surface area contributed by atoms with Gasteiger partial charge in [0.2, 0.25) is 0 Å². The van der Waals surface area contributed by atoms with Crippen LogP contribution in [0.5, 0.6) is 0 Å². The largest absolute Gasteiger partial charge is 0.383 e. The Morgan fingerprint density at radius 2 is 1.94 bits per heavy atom. The number of carbonyl (C=O) groups excluding carboxylic acids is 1. The molecule has 18 heavy (non-hydrogen) atoms. The van der Waals surface area contributed by atoms with Crippen molar-refractivity contribution in [2.24, 2.45) is 0 Å². The quantitative estimate of drug-likeness (QED) is 0.866. The first-order chi connectivity index (χ1) is 8.49. The van der Waals surface area contributed by atoms with E-state index in [1.165, 1.54) is 0 Å². The zero-order valence-electron chi connectivity index (χ0n) is 10.2. The molecule has 0 aliphatic carbocycles. The number of halogens is 1. The average Bonchev–Trinajstić information content (AvgIpc) is 2.31. The molecule has 2 aromatic rings. The number of ketones is 1. The third kappa shape index (κ3) is 2.43. The lowest BCUT2D eigenvalue weighted by molar-refractivity contribution is 0.103. The van der Waals surface area contributed by atoms with Crippen molar-refractivity contribution in [3.05, 3.63) is 57.2 Å². The normalized spacial score (nSPS) is 10.4. The number of anilines is 1. The van der Waals surface area contributed by atoms with Crippen LogP contribution < -0.4 is 5.73 Å². The molecule has 3 nitrogen and oxygen atoms in total. The van der Waals surface area contributed by atoms with Crippen molar-refractivity contribution in [2.45, 2.75) is 13.8 Å². The van der Waals surface area contributed by atoms with Crippen molar-refractivity contribution in [3.8, 4) is 0 Å². The molecule has 0 atom stereocenters. The number of pyridine rings is 1. The third-order valence-electron chi connectivity index (χ3n) is 2.73. The summed E-state index contributed by atoms with van der Waals surface area (Å²) < 4.78 is 0.951. The molecule has 0 bridgehead atoms. The maximum Gasteiger partial charge on any atom is 0.197 e. The highest BCUT2D eigenvalue weighted by molar-refractivity contribution is 9.10. The zero-order valence-corrected chi connectivity index (χ0v) is 11.8. The summed E-state index contributed by atoms with van der Waals surface area (Å²) in [6.45, 7) is 3.79.